The van der Waals surface area contributed by atoms with Gasteiger partial charge in [-0.15, -0.1) is 0 Å². The molecule has 0 aliphatic carbocycles. The van der Waals surface area contributed by atoms with Gasteiger partial charge in [0.2, 0.25) is 0 Å². The number of nitrogens with one attached hydrogen (secondary N) is 1. The molecule has 1 heterocycles. The molecule has 1 saturated heterocycles. The number of carbonyl (C=O) groups is 2. The molecule has 0 bridgehead atoms. The van der Waals surface area contributed by atoms with Gasteiger partial charge in [0.25, 0.3) is 11.8 Å². The van der Waals surface area contributed by atoms with Gasteiger partial charge in [-0.3, -0.25) is 9.59 Å². The van der Waals surface area contributed by atoms with Gasteiger partial charge in [0.1, 0.15) is 5.75 Å². The van der Waals surface area contributed by atoms with E-state index in [1.54, 1.807) is 12.1 Å². The molecule has 0 aromatic heterocycles. The molecule has 0 unspecified atom stereocenters. The van der Waals surface area contributed by atoms with Crippen LogP contribution in [0.3, 0.4) is 0 Å². The molecule has 3 rings (SSSR count). The zero-order chi connectivity index (χ0) is 21.7. The van der Waals surface area contributed by atoms with Gasteiger partial charge in [-0.05, 0) is 53.8 Å². The third-order valence-electron chi connectivity index (χ3n) is 5.12. The normalized spacial score (nSPS) is 14.3. The molecule has 2 amide bonds. The van der Waals surface area contributed by atoms with Crippen LogP contribution in [-0.4, -0.2) is 47.9 Å². The highest BCUT2D eigenvalue weighted by Crippen LogP contribution is 2.25. The quantitative estimate of drug-likeness (QED) is 0.765. The Labute approximate surface area is 183 Å². The summed E-state index contributed by atoms with van der Waals surface area (Å²) in [4.78, 5) is 26.9. The number of nitrogens with zero attached hydrogens (tertiary/aromatic N) is 1. The van der Waals surface area contributed by atoms with Crippen LogP contribution in [0.5, 0.6) is 5.75 Å². The van der Waals surface area contributed by atoms with Crippen LogP contribution in [0, 0.1) is 6.92 Å². The van der Waals surface area contributed by atoms with Crippen LogP contribution in [0.2, 0.25) is 0 Å². The van der Waals surface area contributed by atoms with Gasteiger partial charge in [0.05, 0.1) is 0 Å². The molecule has 0 saturated carbocycles. The Morgan fingerprint density at radius 2 is 1.83 bits per heavy atom. The van der Waals surface area contributed by atoms with E-state index < -0.39 is 0 Å². The monoisotopic (exact) mass is 426 g/mol. The number of anilines is 1. The summed E-state index contributed by atoms with van der Waals surface area (Å²) in [6, 6.07) is 13.2. The summed E-state index contributed by atoms with van der Waals surface area (Å²) >= 11 is 1.88. The largest absolute Gasteiger partial charge is 0.484 e. The van der Waals surface area contributed by atoms with Crippen LogP contribution in [-0.2, 0) is 10.2 Å². The van der Waals surface area contributed by atoms with E-state index in [9.17, 15) is 9.59 Å². The number of hydrogen-bond acceptors (Lipinski definition) is 4. The predicted molar refractivity (Wildman–Crippen MR) is 124 cm³/mol. The van der Waals surface area contributed by atoms with Crippen LogP contribution in [0.4, 0.5) is 5.69 Å². The van der Waals surface area contributed by atoms with Gasteiger partial charge in [0, 0.05) is 35.8 Å². The highest BCUT2D eigenvalue weighted by atomic mass is 32.2. The molecular weight excluding hydrogens is 396 g/mol. The number of amides is 2. The second-order valence-electron chi connectivity index (χ2n) is 8.55. The van der Waals surface area contributed by atoms with Crippen LogP contribution in [0.15, 0.2) is 42.5 Å². The summed E-state index contributed by atoms with van der Waals surface area (Å²) in [5, 5.41) is 2.88. The molecule has 2 aromatic carbocycles. The molecule has 1 N–H and O–H groups in total. The van der Waals surface area contributed by atoms with Crippen molar-refractivity contribution in [2.75, 3.05) is 36.5 Å². The van der Waals surface area contributed by atoms with E-state index in [2.05, 4.69) is 32.2 Å². The minimum atomic E-state index is -0.230. The van der Waals surface area contributed by atoms with E-state index in [4.69, 9.17) is 4.74 Å². The van der Waals surface area contributed by atoms with Crippen LogP contribution in [0.25, 0.3) is 0 Å². The zero-order valence-electron chi connectivity index (χ0n) is 18.2. The Kier molecular flexibility index (Phi) is 7.08. The lowest BCUT2D eigenvalue weighted by Crippen LogP contribution is -2.37. The number of thioether (sulfide) groups is 1. The third kappa shape index (κ3) is 5.79. The lowest BCUT2D eigenvalue weighted by Gasteiger charge is -2.26. The molecule has 1 aliphatic rings. The Hall–Kier alpha value is -2.47. The highest BCUT2D eigenvalue weighted by molar-refractivity contribution is 7.99. The van der Waals surface area contributed by atoms with Crippen molar-refractivity contribution in [2.24, 2.45) is 0 Å². The van der Waals surface area contributed by atoms with Gasteiger partial charge in [-0.2, -0.15) is 11.8 Å². The SMILES string of the molecule is Cc1cc(C(=O)N2CCSCC2)ccc1NC(=O)COc1cccc(C(C)(C)C)c1. The molecule has 0 atom stereocenters. The molecule has 1 aliphatic heterocycles. The predicted octanol–water partition coefficient (Wildman–Crippen LogP) is 4.50. The molecule has 5 nitrogen and oxygen atoms in total. The minimum Gasteiger partial charge on any atom is -0.484 e. The van der Waals surface area contributed by atoms with Crippen LogP contribution < -0.4 is 10.1 Å². The zero-order valence-corrected chi connectivity index (χ0v) is 19.0. The molecule has 2 aromatic rings. The number of ether oxygens (including phenoxy) is 1. The van der Waals surface area contributed by atoms with Crippen molar-refractivity contribution in [3.63, 3.8) is 0 Å². The standard InChI is InChI=1S/C24H30N2O3S/c1-17-14-18(23(28)26-10-12-30-13-11-26)8-9-21(17)25-22(27)16-29-20-7-5-6-19(15-20)24(2,3)4/h5-9,14-15H,10-13,16H2,1-4H3,(H,25,27). The maximum atomic E-state index is 12.7. The van der Waals surface area contributed by atoms with Crippen LogP contribution in [0.1, 0.15) is 42.3 Å². The van der Waals surface area contributed by atoms with Crippen LogP contribution >= 0.6 is 11.8 Å². The Morgan fingerprint density at radius 3 is 2.50 bits per heavy atom. The van der Waals surface area contributed by atoms with Crippen molar-refractivity contribution >= 4 is 29.3 Å². The average Bonchev–Trinajstić information content (AvgIpc) is 2.73. The minimum absolute atomic E-state index is 0.0188. The lowest BCUT2D eigenvalue weighted by molar-refractivity contribution is -0.118. The second-order valence-corrected chi connectivity index (χ2v) is 9.77. The van der Waals surface area contributed by atoms with Gasteiger partial charge < -0.3 is 15.0 Å². The Bertz CT molecular complexity index is 915. The summed E-state index contributed by atoms with van der Waals surface area (Å²) in [5.41, 5.74) is 3.38. The smallest absolute Gasteiger partial charge is 0.262 e. The van der Waals surface area contributed by atoms with E-state index in [0.29, 0.717) is 17.0 Å². The van der Waals surface area contributed by atoms with E-state index in [1.807, 2.05) is 47.9 Å². The molecular formula is C24H30N2O3S. The molecule has 0 radical (unpaired) electrons. The molecule has 1 fully saturated rings. The third-order valence-corrected chi connectivity index (χ3v) is 6.06. The van der Waals surface area contributed by atoms with E-state index in [0.717, 1.165) is 35.7 Å². The molecule has 160 valence electrons. The Morgan fingerprint density at radius 1 is 1.10 bits per heavy atom. The first kappa shape index (κ1) is 22.2. The van der Waals surface area contributed by atoms with Gasteiger partial charge >= 0.3 is 0 Å². The average molecular weight is 427 g/mol. The van der Waals surface area contributed by atoms with Crippen molar-refractivity contribution in [3.05, 3.63) is 59.2 Å². The van der Waals surface area contributed by atoms with Crippen molar-refractivity contribution in [2.45, 2.75) is 33.1 Å². The van der Waals surface area contributed by atoms with E-state index in [-0.39, 0.29) is 23.8 Å². The van der Waals surface area contributed by atoms with Crippen molar-refractivity contribution in [1.82, 2.24) is 4.90 Å². The summed E-state index contributed by atoms with van der Waals surface area (Å²) in [7, 11) is 0. The fourth-order valence-electron chi connectivity index (χ4n) is 3.27. The van der Waals surface area contributed by atoms with E-state index >= 15 is 0 Å². The number of carbonyl (C=O) groups excluding carboxylic acids is 2. The Balaban J connectivity index is 1.58. The number of benzene rings is 2. The molecule has 0 spiro atoms. The molecule has 30 heavy (non-hydrogen) atoms. The first-order valence-electron chi connectivity index (χ1n) is 10.2. The van der Waals surface area contributed by atoms with Gasteiger partial charge in [-0.1, -0.05) is 32.9 Å². The maximum Gasteiger partial charge on any atom is 0.262 e. The maximum absolute atomic E-state index is 12.7. The fourth-order valence-corrected chi connectivity index (χ4v) is 4.18. The first-order valence-corrected chi connectivity index (χ1v) is 11.4. The highest BCUT2D eigenvalue weighted by Gasteiger charge is 2.19. The summed E-state index contributed by atoms with van der Waals surface area (Å²) in [5.74, 6) is 2.47. The van der Waals surface area contributed by atoms with Crippen molar-refractivity contribution in [3.8, 4) is 5.75 Å². The van der Waals surface area contributed by atoms with Crippen molar-refractivity contribution < 1.29 is 14.3 Å². The second kappa shape index (κ2) is 9.56. The summed E-state index contributed by atoms with van der Waals surface area (Å²) in [6.45, 7) is 9.82. The van der Waals surface area contributed by atoms with Gasteiger partial charge in [-0.25, -0.2) is 0 Å². The number of hydrogen-bond donors (Lipinski definition) is 1. The summed E-state index contributed by atoms with van der Waals surface area (Å²) in [6.07, 6.45) is 0. The van der Waals surface area contributed by atoms with E-state index in [1.165, 1.54) is 0 Å². The van der Waals surface area contributed by atoms with Crippen molar-refractivity contribution in [1.29, 1.82) is 0 Å². The number of aryl methyl sites for hydroxylation is 1. The summed E-state index contributed by atoms with van der Waals surface area (Å²) < 4.78 is 5.68. The topological polar surface area (TPSA) is 58.6 Å². The lowest BCUT2D eigenvalue weighted by atomic mass is 9.87. The number of rotatable bonds is 5. The molecule has 6 heteroatoms. The van der Waals surface area contributed by atoms with Gasteiger partial charge in [0.15, 0.2) is 6.61 Å². The first-order chi connectivity index (χ1) is 14.2. The fraction of sp³-hybridized carbons (Fsp3) is 0.417.